The zero-order valence-corrected chi connectivity index (χ0v) is 27.1. The topological polar surface area (TPSA) is 139 Å². The van der Waals surface area contributed by atoms with Gasteiger partial charge >= 0.3 is 41.8 Å². The van der Waals surface area contributed by atoms with Crippen LogP contribution in [-0.4, -0.2) is 22.5 Å². The van der Waals surface area contributed by atoms with Crippen LogP contribution in [0.2, 0.25) is 5.02 Å². The van der Waals surface area contributed by atoms with Crippen LogP contribution in [0.5, 0.6) is 0 Å². The van der Waals surface area contributed by atoms with E-state index in [4.69, 9.17) is 16.9 Å². The molecule has 5 rings (SSSR count). The van der Waals surface area contributed by atoms with Crippen LogP contribution in [0.1, 0.15) is 21.5 Å². The minimum absolute atomic E-state index is 0. The third-order valence-corrected chi connectivity index (χ3v) is 7.05. The maximum absolute atomic E-state index is 13.1. The number of carbonyl (C=O) groups is 3. The molecule has 9 nitrogen and oxygen atoms in total. The fourth-order valence-electron chi connectivity index (χ4n) is 4.55. The fourth-order valence-corrected chi connectivity index (χ4v) is 4.78. The van der Waals surface area contributed by atoms with Gasteiger partial charge in [0.1, 0.15) is 6.07 Å². The summed E-state index contributed by atoms with van der Waals surface area (Å²) >= 11 is 5.61. The Morgan fingerprint density at radius 2 is 1.45 bits per heavy atom. The van der Waals surface area contributed by atoms with E-state index in [1.807, 2.05) is 16.7 Å². The number of hydrogen-bond donors (Lipinski definition) is 3. The third-order valence-electron chi connectivity index (χ3n) is 6.72. The number of nitriles is 1. The van der Waals surface area contributed by atoms with Crippen LogP contribution < -0.4 is 50.6 Å². The van der Waals surface area contributed by atoms with Crippen molar-refractivity contribution in [2.45, 2.75) is 6.18 Å². The van der Waals surface area contributed by atoms with Gasteiger partial charge in [-0.25, -0.2) is 4.79 Å². The predicted octanol–water partition coefficient (Wildman–Crippen LogP) is 3.86. The van der Waals surface area contributed by atoms with E-state index < -0.39 is 40.2 Å². The first kappa shape index (κ1) is 34.8. The van der Waals surface area contributed by atoms with Gasteiger partial charge in [-0.3, -0.25) is 4.79 Å². The minimum atomic E-state index is -4.68. The Morgan fingerprint density at radius 1 is 0.851 bits per heavy atom. The number of rotatable bonds is 7. The molecule has 0 aliphatic rings. The van der Waals surface area contributed by atoms with Gasteiger partial charge < -0.3 is 30.4 Å². The molecule has 0 saturated heterocycles. The van der Waals surface area contributed by atoms with E-state index in [0.29, 0.717) is 16.9 Å². The number of nitrogens with zero attached hydrogens (tertiary/aromatic N) is 2. The maximum atomic E-state index is 13.1. The summed E-state index contributed by atoms with van der Waals surface area (Å²) < 4.78 is 41.1. The summed E-state index contributed by atoms with van der Waals surface area (Å²) in [5.74, 6) is -2.01. The van der Waals surface area contributed by atoms with Crippen molar-refractivity contribution in [2.24, 2.45) is 0 Å². The number of fused-ring (bicyclic) bond motifs is 1. The van der Waals surface area contributed by atoms with Crippen molar-refractivity contribution in [3.05, 3.63) is 124 Å². The van der Waals surface area contributed by atoms with E-state index in [1.165, 1.54) is 36.4 Å². The molecule has 0 bridgehead atoms. The average molecular weight is 666 g/mol. The maximum Gasteiger partial charge on any atom is 1.00 e. The molecule has 4 aromatic carbocycles. The van der Waals surface area contributed by atoms with E-state index in [9.17, 15) is 32.7 Å². The third kappa shape index (κ3) is 8.21. The molecule has 14 heteroatoms. The fraction of sp³-hybridized carbons (Fsp3) is 0.0303. The number of carboxylic acid groups (broad SMARTS) is 1. The molecule has 5 aromatic rings. The molecule has 0 unspecified atom stereocenters. The second-order valence-corrected chi connectivity index (χ2v) is 10.2. The summed E-state index contributed by atoms with van der Waals surface area (Å²) in [5, 5.41) is 28.2. The Bertz CT molecular complexity index is 2050. The van der Waals surface area contributed by atoms with Gasteiger partial charge in [-0.15, -0.1) is 0 Å². The van der Waals surface area contributed by atoms with Gasteiger partial charge in [0, 0.05) is 45.5 Å². The molecule has 0 fully saturated rings. The summed E-state index contributed by atoms with van der Waals surface area (Å²) in [5.41, 5.74) is 1.35. The van der Waals surface area contributed by atoms with Crippen molar-refractivity contribution in [3.8, 4) is 11.8 Å². The van der Waals surface area contributed by atoms with E-state index in [0.717, 1.165) is 23.0 Å². The van der Waals surface area contributed by atoms with E-state index >= 15 is 0 Å². The number of amides is 3. The number of anilines is 3. The minimum Gasteiger partial charge on any atom is -0.544 e. The molecule has 0 atom stereocenters. The first-order valence-corrected chi connectivity index (χ1v) is 13.7. The van der Waals surface area contributed by atoms with Gasteiger partial charge in [0.15, 0.2) is 0 Å². The van der Waals surface area contributed by atoms with Gasteiger partial charge in [0.2, 0.25) is 0 Å². The molecule has 3 amide bonds. The van der Waals surface area contributed by atoms with Crippen LogP contribution in [-0.2, 0) is 11.0 Å². The standard InChI is InChI=1S/C33H21ClF3N5O4.Na/c34-28-14-11-24(16-27(28)33(35,36)37)41-32(46)40-23-7-5-19(6-8-23)30(43)39-22-9-12-25(13-10-22)42-18-21(15-20(17-38)31(44)45)26-3-1-2-4-29(26)42;/h1-16,18H,(H,39,43)(H,44,45)(H2,40,41,46);/q;+1/p-1/b20-15+;. The SMILES string of the molecule is N#C/C(=C\c1cn(-c2ccc(NC(=O)c3ccc(NC(=O)Nc4ccc(Cl)c(C(F)(F)F)c4)cc3)cc2)c2ccccc12)C(=O)[O-].[Na+]. The van der Waals surface area contributed by atoms with Crippen molar-refractivity contribution < 1.29 is 62.2 Å². The van der Waals surface area contributed by atoms with Gasteiger partial charge in [0.25, 0.3) is 5.91 Å². The van der Waals surface area contributed by atoms with Crippen LogP contribution in [0, 0.1) is 11.3 Å². The second-order valence-electron chi connectivity index (χ2n) is 9.78. The van der Waals surface area contributed by atoms with Gasteiger partial charge in [0.05, 0.1) is 27.6 Å². The van der Waals surface area contributed by atoms with Crippen LogP contribution in [0.25, 0.3) is 22.7 Å². The van der Waals surface area contributed by atoms with Crippen molar-refractivity contribution in [2.75, 3.05) is 16.0 Å². The number of aliphatic carboxylic acids is 1. The normalized spacial score (nSPS) is 11.3. The van der Waals surface area contributed by atoms with Gasteiger partial charge in [-0.2, -0.15) is 18.4 Å². The van der Waals surface area contributed by atoms with Crippen molar-refractivity contribution in [1.29, 1.82) is 5.26 Å². The number of aromatic nitrogens is 1. The molecular formula is C33H20ClF3N5NaO4. The summed E-state index contributed by atoms with van der Waals surface area (Å²) in [6.45, 7) is 0. The number of alkyl halides is 3. The number of carbonyl (C=O) groups excluding carboxylic acids is 3. The Labute approximate surface area is 292 Å². The number of urea groups is 1. The zero-order valence-electron chi connectivity index (χ0n) is 24.4. The molecule has 0 aliphatic carbocycles. The Morgan fingerprint density at radius 3 is 2.09 bits per heavy atom. The van der Waals surface area contributed by atoms with Crippen molar-refractivity contribution in [1.82, 2.24) is 4.57 Å². The molecular weight excluding hydrogens is 646 g/mol. The average Bonchev–Trinajstić information content (AvgIpc) is 3.39. The first-order valence-electron chi connectivity index (χ1n) is 13.3. The molecule has 0 aliphatic heterocycles. The first-order chi connectivity index (χ1) is 21.9. The van der Waals surface area contributed by atoms with Crippen LogP contribution >= 0.6 is 11.6 Å². The van der Waals surface area contributed by atoms with Crippen LogP contribution in [0.15, 0.2) is 103 Å². The predicted molar refractivity (Wildman–Crippen MR) is 165 cm³/mol. The van der Waals surface area contributed by atoms with Crippen molar-refractivity contribution >= 4 is 63.5 Å². The molecule has 47 heavy (non-hydrogen) atoms. The monoisotopic (exact) mass is 665 g/mol. The molecule has 3 N–H and O–H groups in total. The number of benzene rings is 4. The largest absolute Gasteiger partial charge is 1.00 e. The molecule has 1 heterocycles. The smallest absolute Gasteiger partial charge is 0.544 e. The second kappa shape index (κ2) is 14.6. The summed E-state index contributed by atoms with van der Waals surface area (Å²) in [7, 11) is 0. The molecule has 0 saturated carbocycles. The Balaban J connectivity index is 0.00000500. The van der Waals surface area contributed by atoms with E-state index in [1.54, 1.807) is 48.7 Å². The summed E-state index contributed by atoms with van der Waals surface area (Å²) in [6, 6.07) is 23.8. The molecule has 0 spiro atoms. The van der Waals surface area contributed by atoms with Crippen LogP contribution in [0.3, 0.4) is 0 Å². The number of hydrogen-bond acceptors (Lipinski definition) is 5. The summed E-state index contributed by atoms with van der Waals surface area (Å²) in [6.07, 6.45) is -1.73. The van der Waals surface area contributed by atoms with Gasteiger partial charge in [-0.1, -0.05) is 29.8 Å². The number of carboxylic acids is 1. The number of nitrogens with one attached hydrogen (secondary N) is 3. The van der Waals surface area contributed by atoms with Gasteiger partial charge in [-0.05, 0) is 78.9 Å². The van der Waals surface area contributed by atoms with E-state index in [-0.39, 0.29) is 46.5 Å². The number of halogens is 4. The Hall–Kier alpha value is -5.06. The zero-order chi connectivity index (χ0) is 33.0. The molecule has 230 valence electrons. The van der Waals surface area contributed by atoms with Crippen LogP contribution in [0.4, 0.5) is 35.0 Å². The summed E-state index contributed by atoms with van der Waals surface area (Å²) in [4.78, 5) is 36.4. The Kier molecular flexibility index (Phi) is 10.8. The molecule has 0 radical (unpaired) electrons. The van der Waals surface area contributed by atoms with Crippen molar-refractivity contribution in [3.63, 3.8) is 0 Å². The van der Waals surface area contributed by atoms with E-state index in [2.05, 4.69) is 16.0 Å². The molecule has 1 aromatic heterocycles. The quantitative estimate of drug-likeness (QED) is 0.138. The number of para-hydroxylation sites is 1.